The fraction of sp³-hybridized carbons (Fsp3) is 0.600. The first-order valence-electron chi connectivity index (χ1n) is 12.0. The van der Waals surface area contributed by atoms with Crippen molar-refractivity contribution in [3.05, 3.63) is 53.1 Å². The standard InChI is InChI=1S/C25H37N5OS/c1-4-5-12-30-24(23(27-25(30)32)22-9-6-7-10-26-22)21-18-19(2)29(20(21)3)13-8-11-28-14-16-31-17-15-28/h6-7,9-10,18,23-24H,4-5,8,11-17H2,1-3H3,(H,27,32)/t23-,24-/m1/s1. The summed E-state index contributed by atoms with van der Waals surface area (Å²) in [6.07, 6.45) is 5.31. The zero-order valence-electron chi connectivity index (χ0n) is 19.7. The highest BCUT2D eigenvalue weighted by molar-refractivity contribution is 7.80. The molecule has 0 amide bonds. The zero-order valence-corrected chi connectivity index (χ0v) is 20.5. The van der Waals surface area contributed by atoms with E-state index in [1.54, 1.807) is 0 Å². The molecule has 0 bridgehead atoms. The van der Waals surface area contributed by atoms with Crippen molar-refractivity contribution < 1.29 is 4.74 Å². The molecule has 0 unspecified atom stereocenters. The van der Waals surface area contributed by atoms with Crippen LogP contribution in [0.25, 0.3) is 0 Å². The van der Waals surface area contributed by atoms with Crippen molar-refractivity contribution >= 4 is 17.3 Å². The van der Waals surface area contributed by atoms with Crippen LogP contribution in [0.2, 0.25) is 0 Å². The maximum absolute atomic E-state index is 5.80. The monoisotopic (exact) mass is 455 g/mol. The number of hydrogen-bond donors (Lipinski definition) is 1. The van der Waals surface area contributed by atoms with Crippen molar-refractivity contribution in [1.29, 1.82) is 0 Å². The van der Waals surface area contributed by atoms with Crippen LogP contribution in [0.4, 0.5) is 0 Å². The molecule has 2 fully saturated rings. The van der Waals surface area contributed by atoms with Crippen LogP contribution in [0.3, 0.4) is 0 Å². The first kappa shape index (κ1) is 23.2. The molecule has 0 aromatic carbocycles. The minimum Gasteiger partial charge on any atom is -0.379 e. The van der Waals surface area contributed by atoms with Crippen molar-refractivity contribution in [3.8, 4) is 0 Å². The summed E-state index contributed by atoms with van der Waals surface area (Å²) >= 11 is 5.80. The van der Waals surface area contributed by atoms with Gasteiger partial charge in [0.1, 0.15) is 0 Å². The molecule has 2 saturated heterocycles. The maximum atomic E-state index is 5.80. The highest BCUT2D eigenvalue weighted by atomic mass is 32.1. The van der Waals surface area contributed by atoms with Gasteiger partial charge in [-0.25, -0.2) is 0 Å². The summed E-state index contributed by atoms with van der Waals surface area (Å²) in [5, 5.41) is 4.43. The number of nitrogens with zero attached hydrogens (tertiary/aromatic N) is 4. The van der Waals surface area contributed by atoms with Gasteiger partial charge >= 0.3 is 0 Å². The number of aromatic nitrogens is 2. The number of nitrogens with one attached hydrogen (secondary N) is 1. The molecule has 2 aromatic rings. The van der Waals surface area contributed by atoms with E-state index in [9.17, 15) is 0 Å². The largest absolute Gasteiger partial charge is 0.379 e. The lowest BCUT2D eigenvalue weighted by atomic mass is 9.96. The number of unbranched alkanes of at least 4 members (excludes halogenated alkanes) is 1. The molecule has 0 spiro atoms. The molecule has 0 radical (unpaired) electrons. The molecule has 0 aliphatic carbocycles. The Balaban J connectivity index is 1.56. The van der Waals surface area contributed by atoms with Gasteiger partial charge in [-0.05, 0) is 62.7 Å². The Morgan fingerprint density at radius 3 is 2.66 bits per heavy atom. The first-order valence-corrected chi connectivity index (χ1v) is 12.5. The number of rotatable bonds is 9. The van der Waals surface area contributed by atoms with Crippen molar-refractivity contribution in [3.63, 3.8) is 0 Å². The van der Waals surface area contributed by atoms with Gasteiger partial charge in [0, 0.05) is 50.3 Å². The number of thiocarbonyl (C=S) groups is 1. The van der Waals surface area contributed by atoms with Crippen molar-refractivity contribution in [2.45, 2.75) is 58.7 Å². The summed E-state index contributed by atoms with van der Waals surface area (Å²) in [4.78, 5) is 9.58. The van der Waals surface area contributed by atoms with E-state index in [2.05, 4.69) is 63.6 Å². The third-order valence-corrected chi connectivity index (χ3v) is 7.19. The van der Waals surface area contributed by atoms with Crippen LogP contribution >= 0.6 is 12.2 Å². The average Bonchev–Trinajstić information content (AvgIpc) is 3.29. The van der Waals surface area contributed by atoms with Crippen molar-refractivity contribution in [2.24, 2.45) is 0 Å². The molecule has 174 valence electrons. The lowest BCUT2D eigenvalue weighted by molar-refractivity contribution is 0.0369. The highest BCUT2D eigenvalue weighted by Gasteiger charge is 2.40. The normalized spacial score (nSPS) is 21.8. The molecule has 32 heavy (non-hydrogen) atoms. The van der Waals surface area contributed by atoms with Crippen LogP contribution in [0.15, 0.2) is 30.5 Å². The Kier molecular flexibility index (Phi) is 7.81. The predicted octanol–water partition coefficient (Wildman–Crippen LogP) is 3.99. The number of pyridine rings is 1. The molecule has 2 aliphatic rings. The third-order valence-electron chi connectivity index (χ3n) is 6.84. The molecule has 0 saturated carbocycles. The second kappa shape index (κ2) is 10.8. The van der Waals surface area contributed by atoms with Crippen LogP contribution in [-0.2, 0) is 11.3 Å². The highest BCUT2D eigenvalue weighted by Crippen LogP contribution is 2.40. The molecule has 2 atom stereocenters. The Hall–Kier alpha value is -1.96. The second-order valence-corrected chi connectivity index (χ2v) is 9.35. The van der Waals surface area contributed by atoms with E-state index in [1.807, 2.05) is 12.3 Å². The van der Waals surface area contributed by atoms with Gasteiger partial charge in [0.25, 0.3) is 0 Å². The van der Waals surface area contributed by atoms with Gasteiger partial charge in [-0.1, -0.05) is 19.4 Å². The minimum absolute atomic E-state index is 0.0721. The summed E-state index contributed by atoms with van der Waals surface area (Å²) < 4.78 is 7.97. The molecule has 2 aliphatic heterocycles. The Morgan fingerprint density at radius 1 is 1.12 bits per heavy atom. The summed E-state index contributed by atoms with van der Waals surface area (Å²) in [7, 11) is 0. The van der Waals surface area contributed by atoms with Crippen LogP contribution < -0.4 is 5.32 Å². The minimum atomic E-state index is 0.0721. The van der Waals surface area contributed by atoms with Gasteiger partial charge in [-0.3, -0.25) is 9.88 Å². The lowest BCUT2D eigenvalue weighted by Crippen LogP contribution is -2.37. The Morgan fingerprint density at radius 2 is 1.94 bits per heavy atom. The molecule has 7 heteroatoms. The molecule has 6 nitrogen and oxygen atoms in total. The fourth-order valence-electron chi connectivity index (χ4n) is 5.06. The second-order valence-electron chi connectivity index (χ2n) is 8.96. The molecule has 2 aromatic heterocycles. The quantitative estimate of drug-likeness (QED) is 0.577. The fourth-order valence-corrected chi connectivity index (χ4v) is 5.39. The molecule has 1 N–H and O–H groups in total. The van der Waals surface area contributed by atoms with Crippen LogP contribution in [0.1, 0.15) is 60.9 Å². The van der Waals surface area contributed by atoms with E-state index in [0.717, 1.165) is 76.0 Å². The van der Waals surface area contributed by atoms with Crippen LogP contribution in [0, 0.1) is 13.8 Å². The summed E-state index contributed by atoms with van der Waals surface area (Å²) in [6.45, 7) is 13.7. The third kappa shape index (κ3) is 5.00. The molecule has 4 rings (SSSR count). The SMILES string of the molecule is CCCCN1C(=S)N[C@H](c2ccccn2)[C@H]1c1cc(C)n(CCCN2CCOCC2)c1C. The number of aryl methyl sites for hydroxylation is 1. The molecule has 4 heterocycles. The summed E-state index contributed by atoms with van der Waals surface area (Å²) in [5.74, 6) is 0. The van der Waals surface area contributed by atoms with E-state index in [-0.39, 0.29) is 12.1 Å². The van der Waals surface area contributed by atoms with Gasteiger partial charge in [0.05, 0.1) is 31.0 Å². The number of morpholine rings is 1. The number of hydrogen-bond acceptors (Lipinski definition) is 4. The average molecular weight is 456 g/mol. The van der Waals surface area contributed by atoms with E-state index >= 15 is 0 Å². The maximum Gasteiger partial charge on any atom is 0.170 e. The van der Waals surface area contributed by atoms with E-state index in [1.165, 1.54) is 17.0 Å². The summed E-state index contributed by atoms with van der Waals surface area (Å²) in [5.41, 5.74) is 5.10. The number of ether oxygens (including phenoxy) is 1. The van der Waals surface area contributed by atoms with Gasteiger partial charge in [0.15, 0.2) is 5.11 Å². The molecular formula is C25H37N5OS. The smallest absolute Gasteiger partial charge is 0.170 e. The van der Waals surface area contributed by atoms with Gasteiger partial charge in [0.2, 0.25) is 0 Å². The van der Waals surface area contributed by atoms with Crippen molar-refractivity contribution in [1.82, 2.24) is 24.7 Å². The van der Waals surface area contributed by atoms with Gasteiger partial charge in [-0.2, -0.15) is 0 Å². The topological polar surface area (TPSA) is 45.6 Å². The molecular weight excluding hydrogens is 418 g/mol. The van der Waals surface area contributed by atoms with Crippen LogP contribution in [0.5, 0.6) is 0 Å². The van der Waals surface area contributed by atoms with Crippen molar-refractivity contribution in [2.75, 3.05) is 39.4 Å². The lowest BCUT2D eigenvalue weighted by Gasteiger charge is -2.28. The predicted molar refractivity (Wildman–Crippen MR) is 133 cm³/mol. The summed E-state index contributed by atoms with van der Waals surface area (Å²) in [6, 6.07) is 8.76. The van der Waals surface area contributed by atoms with Gasteiger partial charge in [-0.15, -0.1) is 0 Å². The Labute approximate surface area is 197 Å². The van der Waals surface area contributed by atoms with Crippen LogP contribution in [-0.4, -0.2) is 63.9 Å². The first-order chi connectivity index (χ1) is 15.6. The van der Waals surface area contributed by atoms with E-state index < -0.39 is 0 Å². The van der Waals surface area contributed by atoms with E-state index in [4.69, 9.17) is 17.0 Å². The van der Waals surface area contributed by atoms with Gasteiger partial charge < -0.3 is 19.5 Å². The Bertz CT molecular complexity index is 893. The van der Waals surface area contributed by atoms with E-state index in [0.29, 0.717) is 0 Å². The zero-order chi connectivity index (χ0) is 22.5.